The highest BCUT2D eigenvalue weighted by molar-refractivity contribution is 5.96. The molecule has 1 heterocycles. The minimum absolute atomic E-state index is 0.0755. The number of hydrogen-bond acceptors (Lipinski definition) is 6. The van der Waals surface area contributed by atoms with Crippen molar-refractivity contribution in [2.45, 2.75) is 72.1 Å². The van der Waals surface area contributed by atoms with Crippen molar-refractivity contribution in [2.75, 3.05) is 32.2 Å². The summed E-state index contributed by atoms with van der Waals surface area (Å²) in [5, 5.41) is 7.19. The Bertz CT molecular complexity index is 917. The molecule has 0 saturated heterocycles. The fourth-order valence-electron chi connectivity index (χ4n) is 3.61. The fourth-order valence-corrected chi connectivity index (χ4v) is 3.61. The lowest BCUT2D eigenvalue weighted by Gasteiger charge is -2.24. The van der Waals surface area contributed by atoms with Gasteiger partial charge in [0.2, 0.25) is 0 Å². The van der Waals surface area contributed by atoms with Crippen LogP contribution in [-0.4, -0.2) is 55.1 Å². The molecule has 1 atom stereocenters. The number of anilines is 1. The number of nitrogens with zero attached hydrogens (tertiary/aromatic N) is 1. The minimum Gasteiger partial charge on any atom is -0.468 e. The zero-order chi connectivity index (χ0) is 24.4. The molecule has 8 heteroatoms. The van der Waals surface area contributed by atoms with E-state index in [0.29, 0.717) is 19.6 Å². The lowest BCUT2D eigenvalue weighted by Crippen LogP contribution is -2.42. The van der Waals surface area contributed by atoms with Crippen molar-refractivity contribution < 1.29 is 23.8 Å². The molecule has 0 fully saturated rings. The summed E-state index contributed by atoms with van der Waals surface area (Å²) in [6.45, 7) is 11.6. The Morgan fingerprint density at radius 2 is 1.94 bits per heavy atom. The largest absolute Gasteiger partial charge is 0.468 e. The van der Waals surface area contributed by atoms with Crippen molar-refractivity contribution >= 4 is 28.7 Å². The van der Waals surface area contributed by atoms with Gasteiger partial charge in [0.25, 0.3) is 0 Å². The molecule has 2 rings (SSSR count). The molecule has 2 aromatic rings. The van der Waals surface area contributed by atoms with Gasteiger partial charge in [-0.25, -0.2) is 4.79 Å². The Labute approximate surface area is 196 Å². The Morgan fingerprint density at radius 1 is 1.18 bits per heavy atom. The number of aromatic nitrogens is 1. The standard InChI is InChI=1S/C25H39N3O5/c1-7-9-13-32-17-19(27-24(30)33-25(3,4)5)14-18-16-28(8-2)21-12-10-11-20(23(18)21)26-15-22(29)31-6/h10-12,16,19,26H,7-9,13-15,17H2,1-6H3,(H,27,30). The van der Waals surface area contributed by atoms with Crippen molar-refractivity contribution in [1.29, 1.82) is 0 Å². The molecule has 2 N–H and O–H groups in total. The molecule has 0 aliphatic rings. The molecule has 8 nitrogen and oxygen atoms in total. The van der Waals surface area contributed by atoms with Crippen LogP contribution < -0.4 is 10.6 Å². The molecular weight excluding hydrogens is 422 g/mol. The number of hydrogen-bond donors (Lipinski definition) is 2. The molecule has 0 bridgehead atoms. The number of benzene rings is 1. The Kier molecular flexibility index (Phi) is 10.0. The van der Waals surface area contributed by atoms with Crippen LogP contribution in [0.4, 0.5) is 10.5 Å². The van der Waals surface area contributed by atoms with E-state index >= 15 is 0 Å². The van der Waals surface area contributed by atoms with Crippen LogP contribution in [0, 0.1) is 0 Å². The molecule has 1 unspecified atom stereocenters. The van der Waals surface area contributed by atoms with Gasteiger partial charge in [-0.1, -0.05) is 19.4 Å². The van der Waals surface area contributed by atoms with E-state index in [4.69, 9.17) is 14.2 Å². The predicted octanol–water partition coefficient (Wildman–Crippen LogP) is 4.50. The van der Waals surface area contributed by atoms with Gasteiger partial charge in [-0.05, 0) is 58.2 Å². The van der Waals surface area contributed by atoms with Gasteiger partial charge in [0.15, 0.2) is 0 Å². The second-order valence-electron chi connectivity index (χ2n) is 9.05. The number of nitrogens with one attached hydrogen (secondary N) is 2. The normalized spacial score (nSPS) is 12.4. The first-order chi connectivity index (χ1) is 15.7. The van der Waals surface area contributed by atoms with E-state index in [2.05, 4.69) is 41.3 Å². The summed E-state index contributed by atoms with van der Waals surface area (Å²) in [5.41, 5.74) is 2.38. The molecule has 184 valence electrons. The smallest absolute Gasteiger partial charge is 0.407 e. The molecule has 0 aliphatic heterocycles. The molecular formula is C25H39N3O5. The summed E-state index contributed by atoms with van der Waals surface area (Å²) >= 11 is 0. The van der Waals surface area contributed by atoms with Crippen LogP contribution in [0.2, 0.25) is 0 Å². The topological polar surface area (TPSA) is 90.8 Å². The Morgan fingerprint density at radius 3 is 2.58 bits per heavy atom. The average Bonchev–Trinajstić information content (AvgIpc) is 3.11. The van der Waals surface area contributed by atoms with Crippen molar-refractivity contribution in [3.05, 3.63) is 30.0 Å². The number of rotatable bonds is 12. The highest BCUT2D eigenvalue weighted by Gasteiger charge is 2.22. The van der Waals surface area contributed by atoms with E-state index in [1.165, 1.54) is 7.11 Å². The highest BCUT2D eigenvalue weighted by Crippen LogP contribution is 2.30. The second kappa shape index (κ2) is 12.5. The zero-order valence-corrected chi connectivity index (χ0v) is 20.8. The van der Waals surface area contributed by atoms with Gasteiger partial charge in [0.1, 0.15) is 12.1 Å². The van der Waals surface area contributed by atoms with Crippen molar-refractivity contribution in [3.63, 3.8) is 0 Å². The number of fused-ring (bicyclic) bond motifs is 1. The molecule has 0 radical (unpaired) electrons. The van der Waals surface area contributed by atoms with Crippen LogP contribution >= 0.6 is 0 Å². The molecule has 1 aromatic carbocycles. The van der Waals surface area contributed by atoms with Crippen LogP contribution in [-0.2, 0) is 32.0 Å². The third-order valence-electron chi connectivity index (χ3n) is 5.12. The molecule has 0 spiro atoms. The number of alkyl carbamates (subject to hydrolysis) is 1. The summed E-state index contributed by atoms with van der Waals surface area (Å²) in [6, 6.07) is 5.70. The Hall–Kier alpha value is -2.74. The summed E-state index contributed by atoms with van der Waals surface area (Å²) < 4.78 is 18.3. The summed E-state index contributed by atoms with van der Waals surface area (Å²) in [7, 11) is 1.37. The summed E-state index contributed by atoms with van der Waals surface area (Å²) in [6.07, 6.45) is 4.21. The predicted molar refractivity (Wildman–Crippen MR) is 131 cm³/mol. The highest BCUT2D eigenvalue weighted by atomic mass is 16.6. The SMILES string of the molecule is CCCCOCC(Cc1cn(CC)c2cccc(NCC(=O)OC)c12)NC(=O)OC(C)(C)C. The van der Waals surface area contributed by atoms with Gasteiger partial charge >= 0.3 is 12.1 Å². The molecule has 0 saturated carbocycles. The number of amides is 1. The summed E-state index contributed by atoms with van der Waals surface area (Å²) in [5.74, 6) is -0.336. The van der Waals surface area contributed by atoms with Crippen LogP contribution in [0.25, 0.3) is 10.9 Å². The van der Waals surface area contributed by atoms with Gasteiger partial charge in [-0.3, -0.25) is 4.79 Å². The monoisotopic (exact) mass is 461 g/mol. The van der Waals surface area contributed by atoms with Gasteiger partial charge in [-0.15, -0.1) is 0 Å². The quantitative estimate of drug-likeness (QED) is 0.357. The van der Waals surface area contributed by atoms with Crippen LogP contribution in [0.1, 0.15) is 53.0 Å². The first-order valence-electron chi connectivity index (χ1n) is 11.7. The molecule has 0 aliphatic carbocycles. The maximum absolute atomic E-state index is 12.5. The third-order valence-corrected chi connectivity index (χ3v) is 5.12. The van der Waals surface area contributed by atoms with E-state index in [-0.39, 0.29) is 18.6 Å². The van der Waals surface area contributed by atoms with Gasteiger partial charge in [0.05, 0.1) is 25.3 Å². The Balaban J connectivity index is 2.31. The maximum Gasteiger partial charge on any atom is 0.407 e. The number of carbonyl (C=O) groups is 2. The number of ether oxygens (including phenoxy) is 3. The van der Waals surface area contributed by atoms with Crippen molar-refractivity contribution in [1.82, 2.24) is 9.88 Å². The van der Waals surface area contributed by atoms with E-state index in [0.717, 1.165) is 41.5 Å². The molecule has 1 aromatic heterocycles. The number of aryl methyl sites for hydroxylation is 1. The van der Waals surface area contributed by atoms with Crippen molar-refractivity contribution in [2.24, 2.45) is 0 Å². The second-order valence-corrected chi connectivity index (χ2v) is 9.05. The van der Waals surface area contributed by atoms with Crippen LogP contribution in [0.5, 0.6) is 0 Å². The first kappa shape index (κ1) is 26.5. The van der Waals surface area contributed by atoms with E-state index in [1.54, 1.807) is 0 Å². The van der Waals surface area contributed by atoms with E-state index in [1.807, 2.05) is 32.9 Å². The lowest BCUT2D eigenvalue weighted by molar-refractivity contribution is -0.138. The summed E-state index contributed by atoms with van der Waals surface area (Å²) in [4.78, 5) is 24.2. The van der Waals surface area contributed by atoms with Crippen LogP contribution in [0.3, 0.4) is 0 Å². The molecule has 1 amide bonds. The van der Waals surface area contributed by atoms with Crippen molar-refractivity contribution in [3.8, 4) is 0 Å². The third kappa shape index (κ3) is 8.28. The number of carbonyl (C=O) groups excluding carboxylic acids is 2. The van der Waals surface area contributed by atoms with Gasteiger partial charge in [-0.2, -0.15) is 0 Å². The first-order valence-corrected chi connectivity index (χ1v) is 11.7. The minimum atomic E-state index is -0.582. The number of methoxy groups -OCH3 is 1. The average molecular weight is 462 g/mol. The van der Waals surface area contributed by atoms with Crippen LogP contribution in [0.15, 0.2) is 24.4 Å². The number of esters is 1. The maximum atomic E-state index is 12.5. The van der Waals surface area contributed by atoms with Gasteiger partial charge < -0.3 is 29.4 Å². The number of unbranched alkanes of at least 4 members (excludes halogenated alkanes) is 1. The lowest BCUT2D eigenvalue weighted by atomic mass is 10.0. The zero-order valence-electron chi connectivity index (χ0n) is 20.8. The fraction of sp³-hybridized carbons (Fsp3) is 0.600. The van der Waals surface area contributed by atoms with E-state index < -0.39 is 11.7 Å². The molecule has 33 heavy (non-hydrogen) atoms. The van der Waals surface area contributed by atoms with E-state index in [9.17, 15) is 9.59 Å². The van der Waals surface area contributed by atoms with Gasteiger partial charge in [0, 0.05) is 30.4 Å².